The van der Waals surface area contributed by atoms with Gasteiger partial charge in [0.2, 0.25) is 5.95 Å². The zero-order chi connectivity index (χ0) is 24.2. The predicted molar refractivity (Wildman–Crippen MR) is 139 cm³/mol. The fourth-order valence-corrected chi connectivity index (χ4v) is 3.79. The number of methoxy groups -OCH3 is 1. The second-order valence-electron chi connectivity index (χ2n) is 7.49. The molecular formula is C24H23IN6O3. The van der Waals surface area contributed by atoms with Crippen LogP contribution in [0, 0.1) is 17.4 Å². The lowest BCUT2D eigenvalue weighted by Crippen LogP contribution is -2.17. The van der Waals surface area contributed by atoms with E-state index < -0.39 is 0 Å². The molecule has 2 heterocycles. The number of amides is 1. The molecule has 0 atom stereocenters. The first-order chi connectivity index (χ1) is 16.4. The quantitative estimate of drug-likeness (QED) is 0.260. The van der Waals surface area contributed by atoms with Gasteiger partial charge in [-0.25, -0.2) is 4.98 Å². The minimum absolute atomic E-state index is 0.120. The molecule has 3 N–H and O–H groups in total. The van der Waals surface area contributed by atoms with E-state index in [-0.39, 0.29) is 5.91 Å². The average Bonchev–Trinajstić information content (AvgIpc) is 3.25. The van der Waals surface area contributed by atoms with Gasteiger partial charge < -0.3 is 25.2 Å². The van der Waals surface area contributed by atoms with Crippen LogP contribution in [0.2, 0.25) is 0 Å². The molecule has 0 spiro atoms. The van der Waals surface area contributed by atoms with Crippen molar-refractivity contribution >= 4 is 51.8 Å². The van der Waals surface area contributed by atoms with Gasteiger partial charge in [0.25, 0.3) is 5.91 Å². The Morgan fingerprint density at radius 2 is 1.85 bits per heavy atom. The van der Waals surface area contributed by atoms with Crippen LogP contribution in [0.25, 0.3) is 11.1 Å². The molecule has 0 unspecified atom stereocenters. The molecule has 10 heteroatoms. The summed E-state index contributed by atoms with van der Waals surface area (Å²) >= 11 is 2.16. The minimum Gasteiger partial charge on any atom is -0.495 e. The van der Waals surface area contributed by atoms with E-state index in [0.29, 0.717) is 34.7 Å². The number of hydrogen-bond donors (Lipinski definition) is 3. The highest BCUT2D eigenvalue weighted by atomic mass is 127. The highest BCUT2D eigenvalue weighted by Crippen LogP contribution is 2.35. The third-order valence-electron chi connectivity index (χ3n) is 5.10. The molecule has 0 aliphatic heterocycles. The Hall–Kier alpha value is -3.67. The summed E-state index contributed by atoms with van der Waals surface area (Å²) in [5.41, 5.74) is 4.34. The molecule has 4 aromatic rings. The number of carbonyl (C=O) groups excluding carboxylic acids is 1. The number of nitrogens with one attached hydrogen (secondary N) is 3. The maximum atomic E-state index is 11.8. The summed E-state index contributed by atoms with van der Waals surface area (Å²) in [5.74, 6) is 2.80. The van der Waals surface area contributed by atoms with E-state index in [1.54, 1.807) is 38.6 Å². The first kappa shape index (κ1) is 23.5. The normalized spacial score (nSPS) is 10.6. The molecule has 2 aromatic carbocycles. The fraction of sp³-hybridized carbons (Fsp3) is 0.167. The number of carbonyl (C=O) groups is 1. The molecule has 4 rings (SSSR count). The van der Waals surface area contributed by atoms with E-state index in [4.69, 9.17) is 9.26 Å². The largest absolute Gasteiger partial charge is 0.495 e. The van der Waals surface area contributed by atoms with E-state index in [9.17, 15) is 4.79 Å². The Kier molecular flexibility index (Phi) is 6.96. The van der Waals surface area contributed by atoms with Crippen molar-refractivity contribution < 1.29 is 14.1 Å². The van der Waals surface area contributed by atoms with Crippen molar-refractivity contribution in [2.75, 3.05) is 24.8 Å². The molecule has 34 heavy (non-hydrogen) atoms. The maximum absolute atomic E-state index is 11.8. The molecule has 0 aliphatic rings. The molecule has 0 fully saturated rings. The van der Waals surface area contributed by atoms with Crippen molar-refractivity contribution in [3.05, 3.63) is 69.1 Å². The Morgan fingerprint density at radius 1 is 1.09 bits per heavy atom. The van der Waals surface area contributed by atoms with Crippen LogP contribution in [-0.4, -0.2) is 35.2 Å². The highest BCUT2D eigenvalue weighted by Gasteiger charge is 2.14. The van der Waals surface area contributed by atoms with Gasteiger partial charge in [0, 0.05) is 24.9 Å². The summed E-state index contributed by atoms with van der Waals surface area (Å²) in [6, 6.07) is 13.2. The number of anilines is 4. The molecule has 9 nitrogen and oxygen atoms in total. The van der Waals surface area contributed by atoms with Gasteiger partial charge in [0.15, 0.2) is 11.6 Å². The molecule has 1 amide bonds. The van der Waals surface area contributed by atoms with Gasteiger partial charge in [-0.15, -0.1) is 0 Å². The van der Waals surface area contributed by atoms with Crippen molar-refractivity contribution in [2.45, 2.75) is 13.8 Å². The van der Waals surface area contributed by atoms with Gasteiger partial charge in [-0.3, -0.25) is 4.79 Å². The Labute approximate surface area is 210 Å². The lowest BCUT2D eigenvalue weighted by atomic mass is 9.98. The first-order valence-electron chi connectivity index (χ1n) is 10.4. The number of benzene rings is 2. The first-order valence-corrected chi connectivity index (χ1v) is 11.5. The molecule has 174 valence electrons. The van der Waals surface area contributed by atoms with E-state index >= 15 is 0 Å². The summed E-state index contributed by atoms with van der Waals surface area (Å²) in [5, 5.41) is 13.0. The van der Waals surface area contributed by atoms with Crippen molar-refractivity contribution in [1.29, 1.82) is 0 Å². The highest BCUT2D eigenvalue weighted by molar-refractivity contribution is 14.1. The van der Waals surface area contributed by atoms with Gasteiger partial charge in [-0.05, 0) is 77.4 Å². The molecule has 0 radical (unpaired) electrons. The topological polar surface area (TPSA) is 114 Å². The molecule has 2 aromatic heterocycles. The zero-order valence-electron chi connectivity index (χ0n) is 19.1. The average molecular weight is 570 g/mol. The van der Waals surface area contributed by atoms with Crippen molar-refractivity contribution in [3.63, 3.8) is 0 Å². The number of aryl methyl sites for hydroxylation is 2. The fourth-order valence-electron chi connectivity index (χ4n) is 3.39. The third-order valence-corrected chi connectivity index (χ3v) is 5.89. The molecular weight excluding hydrogens is 547 g/mol. The van der Waals surface area contributed by atoms with E-state index in [2.05, 4.69) is 53.7 Å². The summed E-state index contributed by atoms with van der Waals surface area (Å²) in [7, 11) is 3.23. The van der Waals surface area contributed by atoms with Gasteiger partial charge in [0.1, 0.15) is 11.5 Å². The van der Waals surface area contributed by atoms with Crippen LogP contribution < -0.4 is 20.7 Å². The van der Waals surface area contributed by atoms with Crippen LogP contribution in [0.15, 0.2) is 53.2 Å². The number of halogens is 1. The van der Waals surface area contributed by atoms with Crippen LogP contribution in [0.3, 0.4) is 0 Å². The van der Waals surface area contributed by atoms with Crippen molar-refractivity contribution in [1.82, 2.24) is 20.4 Å². The number of aromatic nitrogens is 3. The third kappa shape index (κ3) is 5.11. The standard InChI is InChI=1S/C24H23IN6O3/c1-13-9-19(20(33-4)11-17(13)15-5-7-16(8-6-15)23(32)26-3)28-24-27-12-18(25)22(30-24)29-21-10-14(2)34-31-21/h5-12H,1-4H3,(H,26,32)(H2,27,28,29,30,31). The lowest BCUT2D eigenvalue weighted by Gasteiger charge is -2.15. The second kappa shape index (κ2) is 10.1. The summed E-state index contributed by atoms with van der Waals surface area (Å²) in [6.45, 7) is 3.84. The molecule has 0 bridgehead atoms. The van der Waals surface area contributed by atoms with Gasteiger partial charge in [-0.2, -0.15) is 4.98 Å². The second-order valence-corrected chi connectivity index (χ2v) is 8.65. The monoisotopic (exact) mass is 570 g/mol. The summed E-state index contributed by atoms with van der Waals surface area (Å²) in [6.07, 6.45) is 1.72. The van der Waals surface area contributed by atoms with Crippen molar-refractivity contribution in [2.24, 2.45) is 0 Å². The number of rotatable bonds is 7. The Bertz CT molecular complexity index is 1340. The number of hydrogen-bond acceptors (Lipinski definition) is 8. The van der Waals surface area contributed by atoms with Crippen LogP contribution in [0.5, 0.6) is 5.75 Å². The molecule has 0 saturated heterocycles. The van der Waals surface area contributed by atoms with E-state index in [0.717, 1.165) is 25.9 Å². The summed E-state index contributed by atoms with van der Waals surface area (Å²) < 4.78 is 11.6. The Morgan fingerprint density at radius 3 is 2.50 bits per heavy atom. The zero-order valence-corrected chi connectivity index (χ0v) is 21.2. The van der Waals surface area contributed by atoms with E-state index in [1.165, 1.54) is 0 Å². The smallest absolute Gasteiger partial charge is 0.251 e. The molecule has 0 saturated carbocycles. The van der Waals surface area contributed by atoms with Crippen LogP contribution in [0.1, 0.15) is 21.7 Å². The predicted octanol–water partition coefficient (Wildman–Crippen LogP) is 5.21. The number of ether oxygens (including phenoxy) is 1. The van der Waals surface area contributed by atoms with E-state index in [1.807, 2.05) is 38.1 Å². The number of nitrogens with zero attached hydrogens (tertiary/aromatic N) is 3. The van der Waals surface area contributed by atoms with Crippen LogP contribution in [-0.2, 0) is 0 Å². The van der Waals surface area contributed by atoms with Gasteiger partial charge in [0.05, 0.1) is 16.4 Å². The Balaban J connectivity index is 1.61. The minimum atomic E-state index is -0.120. The SMILES string of the molecule is CNC(=O)c1ccc(-c2cc(OC)c(Nc3ncc(I)c(Nc4cc(C)on4)n3)cc2C)cc1. The van der Waals surface area contributed by atoms with Gasteiger partial charge >= 0.3 is 0 Å². The van der Waals surface area contributed by atoms with Gasteiger partial charge in [-0.1, -0.05) is 17.3 Å². The van der Waals surface area contributed by atoms with Crippen LogP contribution in [0.4, 0.5) is 23.3 Å². The maximum Gasteiger partial charge on any atom is 0.251 e. The van der Waals surface area contributed by atoms with Crippen molar-refractivity contribution in [3.8, 4) is 16.9 Å². The molecule has 0 aliphatic carbocycles. The lowest BCUT2D eigenvalue weighted by molar-refractivity contribution is 0.0963. The summed E-state index contributed by atoms with van der Waals surface area (Å²) in [4.78, 5) is 20.8. The van der Waals surface area contributed by atoms with Crippen LogP contribution >= 0.6 is 22.6 Å².